The monoisotopic (exact) mass is 442 g/mol. The Hall–Kier alpha value is -2.88. The van der Waals surface area contributed by atoms with Crippen LogP contribution < -0.4 is 0 Å². The van der Waals surface area contributed by atoms with E-state index in [1.54, 1.807) is 4.90 Å². The van der Waals surface area contributed by atoms with E-state index in [-0.39, 0.29) is 17.9 Å². The number of nitrogens with zero attached hydrogens (tertiary/aromatic N) is 2. The smallest absolute Gasteiger partial charge is 0.278 e. The molecule has 172 valence electrons. The van der Waals surface area contributed by atoms with Crippen LogP contribution in [0, 0.1) is 5.92 Å². The Kier molecular flexibility index (Phi) is 6.61. The molecule has 0 N–H and O–H groups in total. The number of imide groups is 1. The van der Waals surface area contributed by atoms with Gasteiger partial charge >= 0.3 is 0 Å². The average Bonchev–Trinajstić information content (AvgIpc) is 3.01. The Morgan fingerprint density at radius 1 is 0.697 bits per heavy atom. The Morgan fingerprint density at radius 3 is 1.94 bits per heavy atom. The van der Waals surface area contributed by atoms with Gasteiger partial charge in [-0.3, -0.25) is 14.5 Å². The molecule has 2 fully saturated rings. The lowest BCUT2D eigenvalue weighted by Gasteiger charge is -2.34. The highest BCUT2D eigenvalue weighted by molar-refractivity contribution is 6.35. The fraction of sp³-hybridized carbons (Fsp3) is 0.448. The summed E-state index contributed by atoms with van der Waals surface area (Å²) in [4.78, 5) is 31.3. The minimum absolute atomic E-state index is 0.0410. The van der Waals surface area contributed by atoms with Crippen LogP contribution in [0.3, 0.4) is 0 Å². The molecule has 0 aromatic heterocycles. The summed E-state index contributed by atoms with van der Waals surface area (Å²) in [6, 6.07) is 20.5. The lowest BCUT2D eigenvalue weighted by atomic mass is 9.89. The zero-order valence-electron chi connectivity index (χ0n) is 19.4. The van der Waals surface area contributed by atoms with Crippen molar-refractivity contribution in [1.29, 1.82) is 0 Å². The van der Waals surface area contributed by atoms with Crippen LogP contribution in [0.2, 0.25) is 0 Å². The molecule has 4 heteroatoms. The predicted octanol–water partition coefficient (Wildman–Crippen LogP) is 5.44. The molecule has 0 radical (unpaired) electrons. The van der Waals surface area contributed by atoms with Gasteiger partial charge in [0.05, 0.1) is 5.57 Å². The molecule has 0 unspecified atom stereocenters. The summed E-state index contributed by atoms with van der Waals surface area (Å²) in [5.41, 5.74) is 3.51. The molecule has 0 spiro atoms. The second-order valence-electron chi connectivity index (χ2n) is 9.84. The van der Waals surface area contributed by atoms with E-state index in [4.69, 9.17) is 0 Å². The molecular weight excluding hydrogens is 408 g/mol. The number of likely N-dealkylation sites (tertiary alicyclic amines) is 1. The molecular formula is C29H34N2O2. The first-order valence-corrected chi connectivity index (χ1v) is 12.7. The van der Waals surface area contributed by atoms with Gasteiger partial charge in [-0.15, -0.1) is 0 Å². The zero-order valence-corrected chi connectivity index (χ0v) is 19.4. The molecule has 1 aliphatic carbocycles. The van der Waals surface area contributed by atoms with Crippen molar-refractivity contribution in [2.45, 2.75) is 63.8 Å². The normalized spacial score (nSPS) is 21.1. The third-order valence-electron chi connectivity index (χ3n) is 7.64. The molecule has 2 aromatic carbocycles. The number of amides is 2. The standard InChI is InChI=1S/C29H34N2O2/c32-28-26(24-13-7-4-8-14-24)27(29(33)31(28)25-15-9-1-2-10-16-25)30-19-17-23(18-20-30)21-22-11-5-3-6-12-22/h3-8,11-14,23,25H,1-2,9-10,15-21H2. The van der Waals surface area contributed by atoms with Crippen LogP contribution in [0.4, 0.5) is 0 Å². The highest BCUT2D eigenvalue weighted by atomic mass is 16.2. The number of hydrogen-bond acceptors (Lipinski definition) is 3. The lowest BCUT2D eigenvalue weighted by molar-refractivity contribution is -0.140. The number of piperidine rings is 1. The van der Waals surface area contributed by atoms with Crippen molar-refractivity contribution in [2.24, 2.45) is 5.92 Å². The predicted molar refractivity (Wildman–Crippen MR) is 131 cm³/mol. The maximum absolute atomic E-state index is 13.8. The summed E-state index contributed by atoms with van der Waals surface area (Å²) < 4.78 is 0. The lowest BCUT2D eigenvalue weighted by Crippen LogP contribution is -2.43. The minimum atomic E-state index is -0.0838. The molecule has 33 heavy (non-hydrogen) atoms. The number of carbonyl (C=O) groups is 2. The van der Waals surface area contributed by atoms with Crippen LogP contribution in [0.15, 0.2) is 66.4 Å². The van der Waals surface area contributed by atoms with Crippen molar-refractivity contribution >= 4 is 17.4 Å². The summed E-state index contributed by atoms with van der Waals surface area (Å²) in [5.74, 6) is 0.473. The van der Waals surface area contributed by atoms with E-state index < -0.39 is 0 Å². The van der Waals surface area contributed by atoms with Gasteiger partial charge in [-0.1, -0.05) is 86.3 Å². The molecule has 1 saturated heterocycles. The minimum Gasteiger partial charge on any atom is -0.366 e. The van der Waals surface area contributed by atoms with Gasteiger partial charge in [-0.25, -0.2) is 0 Å². The quantitative estimate of drug-likeness (QED) is 0.457. The third kappa shape index (κ3) is 4.62. The summed E-state index contributed by atoms with van der Waals surface area (Å²) in [5, 5.41) is 0. The zero-order chi connectivity index (χ0) is 22.6. The van der Waals surface area contributed by atoms with Crippen LogP contribution in [0.25, 0.3) is 5.57 Å². The van der Waals surface area contributed by atoms with Gasteiger partial charge in [-0.05, 0) is 49.1 Å². The van der Waals surface area contributed by atoms with Gasteiger partial charge in [0.1, 0.15) is 5.70 Å². The van der Waals surface area contributed by atoms with Crippen molar-refractivity contribution in [3.8, 4) is 0 Å². The van der Waals surface area contributed by atoms with E-state index >= 15 is 0 Å². The molecule has 0 atom stereocenters. The molecule has 1 saturated carbocycles. The average molecular weight is 443 g/mol. The van der Waals surface area contributed by atoms with Gasteiger partial charge in [0.15, 0.2) is 0 Å². The molecule has 2 aliphatic heterocycles. The fourth-order valence-corrected chi connectivity index (χ4v) is 5.85. The van der Waals surface area contributed by atoms with Gasteiger partial charge < -0.3 is 4.90 Å². The topological polar surface area (TPSA) is 40.6 Å². The third-order valence-corrected chi connectivity index (χ3v) is 7.64. The molecule has 2 amide bonds. The second kappa shape index (κ2) is 9.94. The van der Waals surface area contributed by atoms with Crippen LogP contribution in [-0.4, -0.2) is 40.7 Å². The molecule has 3 aliphatic rings. The molecule has 5 rings (SSSR count). The van der Waals surface area contributed by atoms with Crippen molar-refractivity contribution in [3.63, 3.8) is 0 Å². The van der Waals surface area contributed by atoms with Gasteiger partial charge in [0.2, 0.25) is 0 Å². The summed E-state index contributed by atoms with van der Waals surface area (Å²) >= 11 is 0. The Labute approximate surface area is 197 Å². The SMILES string of the molecule is O=C1C(c2ccccc2)=C(N2CCC(Cc3ccccc3)CC2)C(=O)N1C1CCCCCC1. The van der Waals surface area contributed by atoms with Gasteiger partial charge in [0, 0.05) is 19.1 Å². The van der Waals surface area contributed by atoms with Crippen molar-refractivity contribution in [2.75, 3.05) is 13.1 Å². The Balaban J connectivity index is 1.39. The number of carbonyl (C=O) groups excluding carboxylic acids is 2. The van der Waals surface area contributed by atoms with E-state index in [0.29, 0.717) is 17.2 Å². The van der Waals surface area contributed by atoms with E-state index in [2.05, 4.69) is 35.2 Å². The highest BCUT2D eigenvalue weighted by Gasteiger charge is 2.45. The van der Waals surface area contributed by atoms with Crippen LogP contribution in [-0.2, 0) is 16.0 Å². The van der Waals surface area contributed by atoms with Crippen LogP contribution in [0.1, 0.15) is 62.5 Å². The molecule has 4 nitrogen and oxygen atoms in total. The first-order chi connectivity index (χ1) is 16.2. The molecule has 2 heterocycles. The Bertz CT molecular complexity index is 998. The van der Waals surface area contributed by atoms with Crippen LogP contribution in [0.5, 0.6) is 0 Å². The maximum atomic E-state index is 13.8. The van der Waals surface area contributed by atoms with Gasteiger partial charge in [0.25, 0.3) is 11.8 Å². The largest absolute Gasteiger partial charge is 0.366 e. The molecule has 0 bridgehead atoms. The van der Waals surface area contributed by atoms with Crippen LogP contribution >= 0.6 is 0 Å². The van der Waals surface area contributed by atoms with Gasteiger partial charge in [-0.2, -0.15) is 0 Å². The van der Waals surface area contributed by atoms with Crippen molar-refractivity contribution < 1.29 is 9.59 Å². The highest BCUT2D eigenvalue weighted by Crippen LogP contribution is 2.37. The van der Waals surface area contributed by atoms with Crippen molar-refractivity contribution in [3.05, 3.63) is 77.5 Å². The summed E-state index contributed by atoms with van der Waals surface area (Å²) in [7, 11) is 0. The Morgan fingerprint density at radius 2 is 1.30 bits per heavy atom. The van der Waals surface area contributed by atoms with E-state index in [1.807, 2.05) is 30.3 Å². The summed E-state index contributed by atoms with van der Waals surface area (Å²) in [6.07, 6.45) is 9.65. The molecule has 2 aromatic rings. The second-order valence-corrected chi connectivity index (χ2v) is 9.84. The fourth-order valence-electron chi connectivity index (χ4n) is 5.85. The number of rotatable bonds is 5. The summed E-state index contributed by atoms with van der Waals surface area (Å²) in [6.45, 7) is 1.67. The van der Waals surface area contributed by atoms with Crippen molar-refractivity contribution in [1.82, 2.24) is 9.80 Å². The van der Waals surface area contributed by atoms with E-state index in [0.717, 1.165) is 63.6 Å². The first-order valence-electron chi connectivity index (χ1n) is 12.7. The maximum Gasteiger partial charge on any atom is 0.278 e. The van der Waals surface area contributed by atoms with E-state index in [9.17, 15) is 9.59 Å². The number of benzene rings is 2. The van der Waals surface area contributed by atoms with E-state index in [1.165, 1.54) is 18.4 Å². The first kappa shape index (κ1) is 21.9. The number of hydrogen-bond donors (Lipinski definition) is 0.